The Labute approximate surface area is 189 Å². The number of thioether (sulfide) groups is 1. The van der Waals surface area contributed by atoms with Crippen LogP contribution in [0.3, 0.4) is 0 Å². The number of nitrogens with zero attached hydrogens (tertiary/aromatic N) is 3. The van der Waals surface area contributed by atoms with Crippen LogP contribution in [0.4, 0.5) is 0 Å². The minimum absolute atomic E-state index is 0.0451. The number of nitriles is 1. The van der Waals surface area contributed by atoms with E-state index in [1.165, 1.54) is 18.9 Å². The van der Waals surface area contributed by atoms with Crippen LogP contribution in [0.1, 0.15) is 26.3 Å². The van der Waals surface area contributed by atoms with E-state index in [2.05, 4.69) is 26.3 Å². The molecule has 0 bridgehead atoms. The summed E-state index contributed by atoms with van der Waals surface area (Å²) in [6.07, 6.45) is 1.57. The van der Waals surface area contributed by atoms with E-state index >= 15 is 0 Å². The highest BCUT2D eigenvalue weighted by molar-refractivity contribution is 7.99. The summed E-state index contributed by atoms with van der Waals surface area (Å²) in [6, 6.07) is 5.58. The Morgan fingerprint density at radius 3 is 2.77 bits per heavy atom. The molecule has 162 valence electrons. The van der Waals surface area contributed by atoms with Crippen LogP contribution in [-0.2, 0) is 4.79 Å². The molecular weight excluding hydrogens is 438 g/mol. The van der Waals surface area contributed by atoms with Gasteiger partial charge in [0.1, 0.15) is 11.7 Å². The van der Waals surface area contributed by atoms with Gasteiger partial charge in [0.2, 0.25) is 5.91 Å². The van der Waals surface area contributed by atoms with Gasteiger partial charge in [-0.2, -0.15) is 5.26 Å². The molecular formula is C21H22ClN5O3S. The Hall–Kier alpha value is -2.96. The number of benzene rings is 1. The molecule has 0 aliphatic heterocycles. The molecule has 0 aliphatic carbocycles. The van der Waals surface area contributed by atoms with Crippen molar-refractivity contribution in [1.29, 1.82) is 5.26 Å². The number of H-pyrrole nitrogens is 1. The zero-order chi connectivity index (χ0) is 22.5. The molecule has 0 saturated carbocycles. The maximum Gasteiger partial charge on any atom is 0.230 e. The lowest BCUT2D eigenvalue weighted by molar-refractivity contribution is -0.119. The summed E-state index contributed by atoms with van der Waals surface area (Å²) >= 11 is 7.76. The minimum Gasteiger partial charge on any atom is -0.493 e. The fraction of sp³-hybridized carbons (Fsp3) is 0.333. The fourth-order valence-corrected chi connectivity index (χ4v) is 3.90. The lowest BCUT2D eigenvalue weighted by Gasteiger charge is -2.14. The Morgan fingerprint density at radius 2 is 2.13 bits per heavy atom. The van der Waals surface area contributed by atoms with Crippen LogP contribution in [0.5, 0.6) is 11.5 Å². The molecule has 0 spiro atoms. The summed E-state index contributed by atoms with van der Waals surface area (Å²) < 4.78 is 11.0. The maximum absolute atomic E-state index is 12.0. The molecule has 1 amide bonds. The molecule has 0 saturated heterocycles. The summed E-state index contributed by atoms with van der Waals surface area (Å²) in [6.45, 7) is 6.10. The van der Waals surface area contributed by atoms with Crippen molar-refractivity contribution in [3.63, 3.8) is 0 Å². The SMILES string of the molecule is CCOc1cc(-c2nc(SCC(=O)NC(C)C)nc3[nH]cc(C#N)c23)c(Cl)cc1OC. The Kier molecular flexibility index (Phi) is 7.25. The molecule has 3 rings (SSSR count). The van der Waals surface area contributed by atoms with Crippen LogP contribution in [0.2, 0.25) is 5.02 Å². The van der Waals surface area contributed by atoms with Crippen LogP contribution in [0.15, 0.2) is 23.5 Å². The van der Waals surface area contributed by atoms with Crippen molar-refractivity contribution >= 4 is 40.3 Å². The number of nitrogens with one attached hydrogen (secondary N) is 2. The smallest absolute Gasteiger partial charge is 0.230 e. The van der Waals surface area contributed by atoms with Crippen LogP contribution in [-0.4, -0.2) is 46.4 Å². The first-order valence-electron chi connectivity index (χ1n) is 9.60. The number of rotatable bonds is 8. The van der Waals surface area contributed by atoms with Gasteiger partial charge in [0.05, 0.1) is 41.1 Å². The lowest BCUT2D eigenvalue weighted by atomic mass is 10.1. The van der Waals surface area contributed by atoms with E-state index in [-0.39, 0.29) is 17.7 Å². The molecule has 3 aromatic rings. The van der Waals surface area contributed by atoms with Gasteiger partial charge in [-0.1, -0.05) is 23.4 Å². The van der Waals surface area contributed by atoms with Crippen molar-refractivity contribution in [3.05, 3.63) is 28.9 Å². The highest BCUT2D eigenvalue weighted by Crippen LogP contribution is 2.41. The molecule has 10 heteroatoms. The maximum atomic E-state index is 12.0. The third-order valence-electron chi connectivity index (χ3n) is 4.22. The van der Waals surface area contributed by atoms with E-state index in [4.69, 9.17) is 21.1 Å². The molecule has 1 aromatic carbocycles. The molecule has 0 aliphatic rings. The summed E-state index contributed by atoms with van der Waals surface area (Å²) in [4.78, 5) is 24.2. The average molecular weight is 460 g/mol. The van der Waals surface area contributed by atoms with Gasteiger partial charge in [0, 0.05) is 23.9 Å². The lowest BCUT2D eigenvalue weighted by Crippen LogP contribution is -2.31. The largest absolute Gasteiger partial charge is 0.493 e. The monoisotopic (exact) mass is 459 g/mol. The second-order valence-corrected chi connectivity index (χ2v) is 8.17. The molecule has 2 aromatic heterocycles. The third-order valence-corrected chi connectivity index (χ3v) is 5.38. The van der Waals surface area contributed by atoms with Gasteiger partial charge in [-0.25, -0.2) is 9.97 Å². The summed E-state index contributed by atoms with van der Waals surface area (Å²) in [5, 5.41) is 13.7. The number of halogens is 1. The van der Waals surface area contributed by atoms with Gasteiger partial charge in [-0.05, 0) is 26.8 Å². The Bertz CT molecular complexity index is 1160. The summed E-state index contributed by atoms with van der Waals surface area (Å²) in [5.41, 5.74) is 1.92. The normalized spacial score (nSPS) is 10.9. The summed E-state index contributed by atoms with van der Waals surface area (Å²) in [7, 11) is 1.54. The van der Waals surface area contributed by atoms with E-state index in [9.17, 15) is 10.1 Å². The first-order chi connectivity index (χ1) is 14.9. The van der Waals surface area contributed by atoms with E-state index in [0.29, 0.717) is 56.1 Å². The number of hydrogen-bond acceptors (Lipinski definition) is 7. The number of amides is 1. The van der Waals surface area contributed by atoms with Crippen molar-refractivity contribution in [3.8, 4) is 28.8 Å². The van der Waals surface area contributed by atoms with Gasteiger partial charge in [-0.3, -0.25) is 4.79 Å². The van der Waals surface area contributed by atoms with E-state index in [1.54, 1.807) is 18.3 Å². The van der Waals surface area contributed by atoms with Crippen molar-refractivity contribution in [1.82, 2.24) is 20.3 Å². The molecule has 0 fully saturated rings. The predicted octanol–water partition coefficient (Wildman–Crippen LogP) is 4.17. The molecule has 0 unspecified atom stereocenters. The number of hydrogen-bond donors (Lipinski definition) is 2. The highest BCUT2D eigenvalue weighted by atomic mass is 35.5. The number of aromatic nitrogens is 3. The van der Waals surface area contributed by atoms with Gasteiger partial charge in [0.25, 0.3) is 0 Å². The number of carbonyl (C=O) groups excluding carboxylic acids is 1. The second-order valence-electron chi connectivity index (χ2n) is 6.82. The first-order valence-corrected chi connectivity index (χ1v) is 11.0. The number of aromatic amines is 1. The zero-order valence-electron chi connectivity index (χ0n) is 17.6. The van der Waals surface area contributed by atoms with Crippen molar-refractivity contribution in [2.75, 3.05) is 19.5 Å². The van der Waals surface area contributed by atoms with E-state index < -0.39 is 0 Å². The third kappa shape index (κ3) is 5.03. The molecule has 0 radical (unpaired) electrons. The molecule has 2 heterocycles. The number of carbonyl (C=O) groups is 1. The second kappa shape index (κ2) is 9.90. The van der Waals surface area contributed by atoms with Crippen molar-refractivity contribution in [2.45, 2.75) is 32.0 Å². The van der Waals surface area contributed by atoms with Gasteiger partial charge >= 0.3 is 0 Å². The predicted molar refractivity (Wildman–Crippen MR) is 121 cm³/mol. The van der Waals surface area contributed by atoms with Crippen LogP contribution >= 0.6 is 23.4 Å². The summed E-state index contributed by atoms with van der Waals surface area (Å²) in [5.74, 6) is 1.05. The Morgan fingerprint density at radius 1 is 1.35 bits per heavy atom. The molecule has 31 heavy (non-hydrogen) atoms. The molecule has 2 N–H and O–H groups in total. The first kappa shape index (κ1) is 22.7. The number of fused-ring (bicyclic) bond motifs is 1. The molecule has 8 nitrogen and oxygen atoms in total. The van der Waals surface area contributed by atoms with Gasteiger partial charge in [-0.15, -0.1) is 0 Å². The van der Waals surface area contributed by atoms with Crippen LogP contribution in [0.25, 0.3) is 22.3 Å². The van der Waals surface area contributed by atoms with Crippen molar-refractivity contribution in [2.24, 2.45) is 0 Å². The average Bonchev–Trinajstić information content (AvgIpc) is 3.15. The molecule has 0 atom stereocenters. The fourth-order valence-electron chi connectivity index (χ4n) is 3.00. The number of methoxy groups -OCH3 is 1. The van der Waals surface area contributed by atoms with E-state index in [0.717, 1.165) is 0 Å². The minimum atomic E-state index is -0.115. The Balaban J connectivity index is 2.12. The topological polar surface area (TPSA) is 113 Å². The highest BCUT2D eigenvalue weighted by Gasteiger charge is 2.20. The number of ether oxygens (including phenoxy) is 2. The standard InChI is InChI=1S/C21H22ClN5O3S/c1-5-30-16-6-13(14(22)7-15(16)29-4)19-18-12(8-23)9-24-20(18)27-21(26-19)31-10-17(28)25-11(2)3/h6-7,9,11H,5,10H2,1-4H3,(H,25,28)(H,24,26,27). The quantitative estimate of drug-likeness (QED) is 0.383. The van der Waals surface area contributed by atoms with Crippen LogP contribution < -0.4 is 14.8 Å². The van der Waals surface area contributed by atoms with Gasteiger partial charge < -0.3 is 19.8 Å². The zero-order valence-corrected chi connectivity index (χ0v) is 19.1. The van der Waals surface area contributed by atoms with E-state index in [1.807, 2.05) is 20.8 Å². The van der Waals surface area contributed by atoms with Crippen molar-refractivity contribution < 1.29 is 14.3 Å². The van der Waals surface area contributed by atoms with Crippen LogP contribution in [0, 0.1) is 11.3 Å². The van der Waals surface area contributed by atoms with Gasteiger partial charge in [0.15, 0.2) is 16.7 Å².